The highest BCUT2D eigenvalue weighted by atomic mass is 16.5. The van der Waals surface area contributed by atoms with Crippen LogP contribution >= 0.6 is 0 Å². The van der Waals surface area contributed by atoms with Crippen molar-refractivity contribution in [2.75, 3.05) is 26.7 Å². The van der Waals surface area contributed by atoms with Gasteiger partial charge in [0.1, 0.15) is 0 Å². The van der Waals surface area contributed by atoms with Gasteiger partial charge in [-0.05, 0) is 26.3 Å². The van der Waals surface area contributed by atoms with E-state index in [1.807, 2.05) is 7.05 Å². The van der Waals surface area contributed by atoms with Crippen LogP contribution in [-0.4, -0.2) is 49.8 Å². The first-order chi connectivity index (χ1) is 8.35. The van der Waals surface area contributed by atoms with E-state index in [1.165, 1.54) is 25.7 Å². The van der Waals surface area contributed by atoms with E-state index in [0.717, 1.165) is 26.1 Å². The molecule has 17 heavy (non-hydrogen) atoms. The fraction of sp³-hybridized carbons (Fsp3) is 0.923. The third-order valence-electron chi connectivity index (χ3n) is 4.06. The van der Waals surface area contributed by atoms with E-state index >= 15 is 0 Å². The topological polar surface area (TPSA) is 48.3 Å². The summed E-state index contributed by atoms with van der Waals surface area (Å²) in [5.74, 6) is 0. The van der Waals surface area contributed by atoms with Gasteiger partial charge in [0.25, 0.3) is 0 Å². The summed E-state index contributed by atoms with van der Waals surface area (Å²) in [5, 5.41) is 12.0. The largest absolute Gasteiger partial charge is 0.375 e. The lowest BCUT2D eigenvalue weighted by molar-refractivity contribution is -0.0883. The van der Waals surface area contributed by atoms with Gasteiger partial charge in [-0.2, -0.15) is 5.26 Å². The molecule has 4 nitrogen and oxygen atoms in total. The van der Waals surface area contributed by atoms with E-state index in [2.05, 4.69) is 16.3 Å². The summed E-state index contributed by atoms with van der Waals surface area (Å²) < 4.78 is 5.85. The molecule has 0 amide bonds. The maximum Gasteiger partial charge on any atom is 0.0962 e. The number of nitriles is 1. The lowest BCUT2D eigenvalue weighted by Crippen LogP contribution is -2.53. The third kappa shape index (κ3) is 3.19. The predicted molar refractivity (Wildman–Crippen MR) is 66.6 cm³/mol. The number of nitrogens with zero attached hydrogens (tertiary/aromatic N) is 2. The van der Waals surface area contributed by atoms with E-state index in [1.54, 1.807) is 0 Å². The van der Waals surface area contributed by atoms with Gasteiger partial charge in [-0.1, -0.05) is 12.8 Å². The van der Waals surface area contributed by atoms with Gasteiger partial charge < -0.3 is 10.1 Å². The monoisotopic (exact) mass is 237 g/mol. The molecule has 1 aliphatic carbocycles. The summed E-state index contributed by atoms with van der Waals surface area (Å²) in [6, 6.07) is 2.89. The molecule has 0 aromatic heterocycles. The van der Waals surface area contributed by atoms with Crippen molar-refractivity contribution in [3.8, 4) is 6.07 Å². The van der Waals surface area contributed by atoms with Crippen molar-refractivity contribution < 1.29 is 4.74 Å². The Bertz CT molecular complexity index is 274. The lowest BCUT2D eigenvalue weighted by atomic mass is 9.90. The van der Waals surface area contributed by atoms with E-state index in [4.69, 9.17) is 10.00 Å². The fourth-order valence-electron chi connectivity index (χ4n) is 3.02. The van der Waals surface area contributed by atoms with Gasteiger partial charge in [-0.15, -0.1) is 0 Å². The number of fused-ring (bicyclic) bond motifs is 1. The van der Waals surface area contributed by atoms with Crippen molar-refractivity contribution in [1.82, 2.24) is 10.2 Å². The Morgan fingerprint density at radius 3 is 3.06 bits per heavy atom. The SMILES string of the molecule is CNC(C#N)CCN1CCOC2CCCCC21. The van der Waals surface area contributed by atoms with Crippen LogP contribution in [0.15, 0.2) is 0 Å². The Morgan fingerprint density at radius 1 is 1.47 bits per heavy atom. The van der Waals surface area contributed by atoms with Crippen molar-refractivity contribution in [2.24, 2.45) is 0 Å². The van der Waals surface area contributed by atoms with Crippen LogP contribution in [0.2, 0.25) is 0 Å². The molecule has 2 rings (SSSR count). The van der Waals surface area contributed by atoms with Gasteiger partial charge in [-0.3, -0.25) is 4.90 Å². The van der Waals surface area contributed by atoms with Crippen LogP contribution in [-0.2, 0) is 4.74 Å². The van der Waals surface area contributed by atoms with Crippen LogP contribution in [0.4, 0.5) is 0 Å². The van der Waals surface area contributed by atoms with E-state index < -0.39 is 0 Å². The van der Waals surface area contributed by atoms with Crippen LogP contribution in [0.5, 0.6) is 0 Å². The Morgan fingerprint density at radius 2 is 2.29 bits per heavy atom. The van der Waals surface area contributed by atoms with Crippen molar-refractivity contribution >= 4 is 0 Å². The Balaban J connectivity index is 1.84. The molecule has 1 N–H and O–H groups in total. The van der Waals surface area contributed by atoms with Crippen LogP contribution in [0.25, 0.3) is 0 Å². The number of hydrogen-bond donors (Lipinski definition) is 1. The van der Waals surface area contributed by atoms with Gasteiger partial charge in [0.05, 0.1) is 24.8 Å². The second kappa shape index (κ2) is 6.34. The molecular weight excluding hydrogens is 214 g/mol. The van der Waals surface area contributed by atoms with Crippen molar-refractivity contribution in [1.29, 1.82) is 5.26 Å². The van der Waals surface area contributed by atoms with Gasteiger partial charge in [0.2, 0.25) is 0 Å². The Kier molecular flexibility index (Phi) is 4.78. The van der Waals surface area contributed by atoms with E-state index in [-0.39, 0.29) is 6.04 Å². The van der Waals surface area contributed by atoms with E-state index in [9.17, 15) is 0 Å². The number of ether oxygens (including phenoxy) is 1. The molecule has 0 bridgehead atoms. The van der Waals surface area contributed by atoms with Gasteiger partial charge in [0, 0.05) is 19.1 Å². The maximum atomic E-state index is 8.93. The summed E-state index contributed by atoms with van der Waals surface area (Å²) in [7, 11) is 1.86. The summed E-state index contributed by atoms with van der Waals surface area (Å²) in [4.78, 5) is 2.54. The highest BCUT2D eigenvalue weighted by molar-refractivity contribution is 4.92. The fourth-order valence-corrected chi connectivity index (χ4v) is 3.02. The molecular formula is C13H23N3O. The molecule has 3 unspecified atom stereocenters. The lowest BCUT2D eigenvalue weighted by Gasteiger charge is -2.44. The average Bonchev–Trinajstić information content (AvgIpc) is 2.40. The summed E-state index contributed by atoms with van der Waals surface area (Å²) in [5.41, 5.74) is 0. The highest BCUT2D eigenvalue weighted by Crippen LogP contribution is 2.28. The number of hydrogen-bond acceptors (Lipinski definition) is 4. The van der Waals surface area contributed by atoms with Crippen molar-refractivity contribution in [2.45, 2.75) is 50.3 Å². The van der Waals surface area contributed by atoms with E-state index in [0.29, 0.717) is 12.1 Å². The first-order valence-electron chi connectivity index (χ1n) is 6.77. The minimum Gasteiger partial charge on any atom is -0.375 e. The van der Waals surface area contributed by atoms with Gasteiger partial charge >= 0.3 is 0 Å². The number of morpholine rings is 1. The molecule has 2 aliphatic rings. The highest BCUT2D eigenvalue weighted by Gasteiger charge is 2.33. The summed E-state index contributed by atoms with van der Waals surface area (Å²) in [6.45, 7) is 2.91. The molecule has 96 valence electrons. The standard InChI is InChI=1S/C13H23N3O/c1-15-11(10-14)6-7-16-8-9-17-13-5-3-2-4-12(13)16/h11-13,15H,2-9H2,1H3. The molecule has 1 saturated carbocycles. The average molecular weight is 237 g/mol. The van der Waals surface area contributed by atoms with Gasteiger partial charge in [0.15, 0.2) is 0 Å². The first-order valence-corrected chi connectivity index (χ1v) is 6.77. The molecule has 1 aliphatic heterocycles. The third-order valence-corrected chi connectivity index (χ3v) is 4.06. The molecule has 0 aromatic rings. The second-order valence-corrected chi connectivity index (χ2v) is 5.06. The molecule has 0 radical (unpaired) electrons. The Hall–Kier alpha value is -0.630. The molecule has 4 heteroatoms. The summed E-state index contributed by atoms with van der Waals surface area (Å²) in [6.07, 6.45) is 6.49. The maximum absolute atomic E-state index is 8.93. The van der Waals surface area contributed by atoms with Crippen LogP contribution in [0.1, 0.15) is 32.1 Å². The zero-order valence-corrected chi connectivity index (χ0v) is 10.7. The zero-order chi connectivity index (χ0) is 12.1. The Labute approximate surface area is 104 Å². The van der Waals surface area contributed by atoms with Crippen LogP contribution in [0, 0.1) is 11.3 Å². The molecule has 0 spiro atoms. The van der Waals surface area contributed by atoms with Crippen molar-refractivity contribution in [3.05, 3.63) is 0 Å². The first kappa shape index (κ1) is 12.8. The number of nitrogens with one attached hydrogen (secondary N) is 1. The van der Waals surface area contributed by atoms with Crippen LogP contribution < -0.4 is 5.32 Å². The second-order valence-electron chi connectivity index (χ2n) is 5.06. The molecule has 1 saturated heterocycles. The normalized spacial score (nSPS) is 31.5. The molecule has 0 aromatic carbocycles. The molecule has 1 heterocycles. The van der Waals surface area contributed by atoms with Crippen LogP contribution in [0.3, 0.4) is 0 Å². The smallest absolute Gasteiger partial charge is 0.0962 e. The summed E-state index contributed by atoms with van der Waals surface area (Å²) >= 11 is 0. The minimum atomic E-state index is -0.0140. The zero-order valence-electron chi connectivity index (χ0n) is 10.7. The quantitative estimate of drug-likeness (QED) is 0.796. The van der Waals surface area contributed by atoms with Gasteiger partial charge in [-0.25, -0.2) is 0 Å². The molecule has 2 fully saturated rings. The number of rotatable bonds is 4. The predicted octanol–water partition coefficient (Wildman–Crippen LogP) is 1.13. The van der Waals surface area contributed by atoms with Crippen molar-refractivity contribution in [3.63, 3.8) is 0 Å². The molecule has 3 atom stereocenters. The minimum absolute atomic E-state index is 0.0140.